The Balaban J connectivity index is 2.34. The van der Waals surface area contributed by atoms with Crippen molar-refractivity contribution in [1.82, 2.24) is 0 Å². The third-order valence-electron chi connectivity index (χ3n) is 1.94. The number of rotatable bonds is 3. The van der Waals surface area contributed by atoms with Gasteiger partial charge in [-0.3, -0.25) is 9.00 Å². The van der Waals surface area contributed by atoms with Crippen LogP contribution in [0.2, 0.25) is 0 Å². The van der Waals surface area contributed by atoms with Gasteiger partial charge in [-0.15, -0.1) is 0 Å². The van der Waals surface area contributed by atoms with Gasteiger partial charge >= 0.3 is 5.97 Å². The molecule has 0 saturated heterocycles. The van der Waals surface area contributed by atoms with Crippen molar-refractivity contribution >= 4 is 16.8 Å². The Bertz CT molecular complexity index is 173. The second-order valence-electron chi connectivity index (χ2n) is 2.83. The molecule has 1 atom stereocenters. The van der Waals surface area contributed by atoms with Gasteiger partial charge in [0.25, 0.3) is 0 Å². The molecule has 1 aliphatic rings. The summed E-state index contributed by atoms with van der Waals surface area (Å²) in [6.07, 6.45) is 4.10. The van der Waals surface area contributed by atoms with Crippen molar-refractivity contribution in [2.75, 3.05) is 5.75 Å². The average molecular weight is 176 g/mol. The Hall–Kier alpha value is -0.380. The summed E-state index contributed by atoms with van der Waals surface area (Å²) in [6, 6.07) is 0. The molecule has 4 heteroatoms. The van der Waals surface area contributed by atoms with E-state index in [0.717, 1.165) is 25.7 Å². The number of hydrogen-bond donors (Lipinski definition) is 1. The number of aliphatic carboxylic acids is 1. The summed E-state index contributed by atoms with van der Waals surface area (Å²) in [5.41, 5.74) is 0. The third-order valence-corrected chi connectivity index (χ3v) is 3.69. The summed E-state index contributed by atoms with van der Waals surface area (Å²) in [5, 5.41) is 8.51. The van der Waals surface area contributed by atoms with E-state index in [1.54, 1.807) is 0 Å². The van der Waals surface area contributed by atoms with Crippen LogP contribution >= 0.6 is 0 Å². The van der Waals surface area contributed by atoms with Gasteiger partial charge in [-0.1, -0.05) is 12.8 Å². The molecule has 0 radical (unpaired) electrons. The Morgan fingerprint density at radius 3 is 2.45 bits per heavy atom. The molecule has 0 heterocycles. The SMILES string of the molecule is O=C(O)CS(=O)C1CCCC1. The third kappa shape index (κ3) is 2.61. The van der Waals surface area contributed by atoms with Crippen molar-refractivity contribution in [3.8, 4) is 0 Å². The molecule has 11 heavy (non-hydrogen) atoms. The molecule has 1 aliphatic carbocycles. The summed E-state index contributed by atoms with van der Waals surface area (Å²) in [6.45, 7) is 0. The first-order valence-corrected chi connectivity index (χ1v) is 5.17. The van der Waals surface area contributed by atoms with Crippen molar-refractivity contribution in [1.29, 1.82) is 0 Å². The molecular formula is C7H12O3S. The zero-order valence-electron chi connectivity index (χ0n) is 6.28. The van der Waals surface area contributed by atoms with Gasteiger partial charge in [-0.2, -0.15) is 0 Å². The molecule has 0 amide bonds. The van der Waals surface area contributed by atoms with Gasteiger partial charge in [-0.05, 0) is 12.8 Å². The van der Waals surface area contributed by atoms with E-state index in [4.69, 9.17) is 5.11 Å². The lowest BCUT2D eigenvalue weighted by molar-refractivity contribution is -0.133. The maximum absolute atomic E-state index is 11.2. The predicted octanol–water partition coefficient (Wildman–Crippen LogP) is 0.762. The Labute approximate surface area is 68.3 Å². The normalized spacial score (nSPS) is 21.8. The first kappa shape index (κ1) is 8.71. The van der Waals surface area contributed by atoms with E-state index in [1.165, 1.54) is 0 Å². The molecule has 0 aromatic heterocycles. The second-order valence-corrected chi connectivity index (χ2v) is 4.54. The first-order valence-electron chi connectivity index (χ1n) is 3.79. The van der Waals surface area contributed by atoms with Crippen LogP contribution in [0.3, 0.4) is 0 Å². The highest BCUT2D eigenvalue weighted by atomic mass is 32.2. The molecule has 1 unspecified atom stereocenters. The van der Waals surface area contributed by atoms with Crippen LogP contribution in [0.15, 0.2) is 0 Å². The highest BCUT2D eigenvalue weighted by molar-refractivity contribution is 7.86. The molecular weight excluding hydrogens is 164 g/mol. The molecule has 0 aromatic carbocycles. The van der Waals surface area contributed by atoms with E-state index in [1.807, 2.05) is 0 Å². The molecule has 3 nitrogen and oxygen atoms in total. The standard InChI is InChI=1S/C7H12O3S/c8-7(9)5-11(10)6-3-1-2-4-6/h6H,1-5H2,(H,8,9). The average Bonchev–Trinajstić information content (AvgIpc) is 2.35. The number of hydrogen-bond acceptors (Lipinski definition) is 2. The maximum atomic E-state index is 11.2. The quantitative estimate of drug-likeness (QED) is 0.690. The van der Waals surface area contributed by atoms with Gasteiger partial charge in [-0.25, -0.2) is 0 Å². The van der Waals surface area contributed by atoms with Crippen molar-refractivity contribution in [2.45, 2.75) is 30.9 Å². The first-order chi connectivity index (χ1) is 5.20. The van der Waals surface area contributed by atoms with E-state index in [0.29, 0.717) is 0 Å². The fourth-order valence-electron chi connectivity index (χ4n) is 1.39. The Morgan fingerprint density at radius 1 is 1.45 bits per heavy atom. The van der Waals surface area contributed by atoms with Crippen molar-refractivity contribution in [3.05, 3.63) is 0 Å². The monoisotopic (exact) mass is 176 g/mol. The maximum Gasteiger partial charge on any atom is 0.316 e. The van der Waals surface area contributed by atoms with Crippen LogP contribution in [-0.2, 0) is 15.6 Å². The van der Waals surface area contributed by atoms with E-state index in [-0.39, 0.29) is 11.0 Å². The zero-order valence-corrected chi connectivity index (χ0v) is 7.10. The van der Waals surface area contributed by atoms with Crippen molar-refractivity contribution in [2.24, 2.45) is 0 Å². The van der Waals surface area contributed by atoms with Gasteiger partial charge in [0, 0.05) is 16.0 Å². The van der Waals surface area contributed by atoms with Crippen LogP contribution in [0.25, 0.3) is 0 Å². The van der Waals surface area contributed by atoms with Crippen LogP contribution < -0.4 is 0 Å². The molecule has 1 rings (SSSR count). The van der Waals surface area contributed by atoms with E-state index < -0.39 is 16.8 Å². The van der Waals surface area contributed by atoms with E-state index >= 15 is 0 Å². The molecule has 1 N–H and O–H groups in total. The van der Waals surface area contributed by atoms with Crippen LogP contribution in [0, 0.1) is 0 Å². The molecule has 0 aliphatic heterocycles. The molecule has 1 fully saturated rings. The number of carboxylic acids is 1. The summed E-state index contributed by atoms with van der Waals surface area (Å²) in [5.74, 6) is -1.12. The van der Waals surface area contributed by atoms with Crippen molar-refractivity contribution in [3.63, 3.8) is 0 Å². The number of carboxylic acid groups (broad SMARTS) is 1. The largest absolute Gasteiger partial charge is 0.481 e. The van der Waals surface area contributed by atoms with Crippen molar-refractivity contribution < 1.29 is 14.1 Å². The minimum Gasteiger partial charge on any atom is -0.481 e. The fraction of sp³-hybridized carbons (Fsp3) is 0.857. The summed E-state index contributed by atoms with van der Waals surface area (Å²) in [7, 11) is -1.13. The zero-order chi connectivity index (χ0) is 8.27. The van der Waals surface area contributed by atoms with E-state index in [2.05, 4.69) is 0 Å². The lowest BCUT2D eigenvalue weighted by Crippen LogP contribution is -2.18. The van der Waals surface area contributed by atoms with Crippen LogP contribution in [0.5, 0.6) is 0 Å². The van der Waals surface area contributed by atoms with Crippen LogP contribution in [-0.4, -0.2) is 26.3 Å². The minimum absolute atomic E-state index is 0.158. The molecule has 0 aromatic rings. The molecule has 64 valence electrons. The topological polar surface area (TPSA) is 54.4 Å². The lowest BCUT2D eigenvalue weighted by atomic mass is 10.4. The molecule has 1 saturated carbocycles. The molecule has 0 spiro atoms. The second kappa shape index (κ2) is 3.85. The number of carbonyl (C=O) groups is 1. The summed E-state index contributed by atoms with van der Waals surface area (Å²) < 4.78 is 11.2. The Morgan fingerprint density at radius 2 is 2.00 bits per heavy atom. The highest BCUT2D eigenvalue weighted by Gasteiger charge is 2.22. The predicted molar refractivity (Wildman–Crippen MR) is 42.9 cm³/mol. The fourth-order valence-corrected chi connectivity index (χ4v) is 2.73. The van der Waals surface area contributed by atoms with E-state index in [9.17, 15) is 9.00 Å². The molecule has 0 bridgehead atoms. The van der Waals surface area contributed by atoms with Gasteiger partial charge < -0.3 is 5.11 Å². The lowest BCUT2D eigenvalue weighted by Gasteiger charge is -2.05. The van der Waals surface area contributed by atoms with Crippen LogP contribution in [0.4, 0.5) is 0 Å². The van der Waals surface area contributed by atoms with Gasteiger partial charge in [0.2, 0.25) is 0 Å². The van der Waals surface area contributed by atoms with Gasteiger partial charge in [0.15, 0.2) is 0 Å². The minimum atomic E-state index is -1.13. The highest BCUT2D eigenvalue weighted by Crippen LogP contribution is 2.22. The summed E-state index contributed by atoms with van der Waals surface area (Å²) in [4.78, 5) is 10.2. The summed E-state index contributed by atoms with van der Waals surface area (Å²) >= 11 is 0. The van der Waals surface area contributed by atoms with Crippen LogP contribution in [0.1, 0.15) is 25.7 Å². The van der Waals surface area contributed by atoms with Gasteiger partial charge in [0.1, 0.15) is 5.75 Å². The van der Waals surface area contributed by atoms with Gasteiger partial charge in [0.05, 0.1) is 0 Å². The Kier molecular flexibility index (Phi) is 3.05. The smallest absolute Gasteiger partial charge is 0.316 e.